The van der Waals surface area contributed by atoms with Crippen molar-refractivity contribution in [1.29, 1.82) is 5.26 Å². The number of imidazole rings is 1. The van der Waals surface area contributed by atoms with E-state index in [1.807, 2.05) is 37.3 Å². The second-order valence-electron chi connectivity index (χ2n) is 10.5. The van der Waals surface area contributed by atoms with Gasteiger partial charge in [0.15, 0.2) is 5.69 Å². The monoisotopic (exact) mass is 515 g/mol. The summed E-state index contributed by atoms with van der Waals surface area (Å²) in [5.74, 6) is -0.283. The van der Waals surface area contributed by atoms with E-state index in [1.165, 1.54) is 5.57 Å². The summed E-state index contributed by atoms with van der Waals surface area (Å²) in [7, 11) is -1.53. The first kappa shape index (κ1) is 26.3. The van der Waals surface area contributed by atoms with Gasteiger partial charge < -0.3 is 19.6 Å². The Kier molecular flexibility index (Phi) is 7.91. The summed E-state index contributed by atoms with van der Waals surface area (Å²) >= 11 is 0. The van der Waals surface area contributed by atoms with Crippen molar-refractivity contribution in [2.24, 2.45) is 0 Å². The van der Waals surface area contributed by atoms with Crippen LogP contribution in [-0.2, 0) is 11.5 Å². The maximum absolute atomic E-state index is 13.4. The average Bonchev–Trinajstić information content (AvgIpc) is 3.31. The summed E-state index contributed by atoms with van der Waals surface area (Å²) in [6.45, 7) is 8.84. The van der Waals surface area contributed by atoms with Gasteiger partial charge in [0.2, 0.25) is 11.4 Å². The van der Waals surface area contributed by atoms with Crippen molar-refractivity contribution in [3.05, 3.63) is 76.2 Å². The smallest absolute Gasteiger partial charge is 0.291 e. The van der Waals surface area contributed by atoms with Gasteiger partial charge in [-0.05, 0) is 67.5 Å². The molecule has 4 rings (SSSR count). The first-order valence-corrected chi connectivity index (χ1v) is 16.2. The quantitative estimate of drug-likeness (QED) is 0.381. The van der Waals surface area contributed by atoms with Crippen molar-refractivity contribution in [3.8, 4) is 17.2 Å². The number of nitrogens with one attached hydrogen (secondary N) is 2. The minimum absolute atomic E-state index is 0.0685. The van der Waals surface area contributed by atoms with Crippen LogP contribution in [0.2, 0.25) is 19.6 Å². The van der Waals surface area contributed by atoms with Gasteiger partial charge in [0.25, 0.3) is 5.91 Å². The summed E-state index contributed by atoms with van der Waals surface area (Å²) in [6, 6.07) is 11.2. The zero-order valence-electron chi connectivity index (χ0n) is 21.8. The number of aromatic amines is 1. The molecule has 0 bridgehead atoms. The Morgan fingerprint density at radius 3 is 2.70 bits per heavy atom. The average molecular weight is 516 g/mol. The van der Waals surface area contributed by atoms with Crippen LogP contribution in [0, 0.1) is 11.3 Å². The summed E-state index contributed by atoms with van der Waals surface area (Å²) in [6.07, 6.45) is 9.52. The Morgan fingerprint density at radius 1 is 1.24 bits per heavy atom. The lowest BCUT2D eigenvalue weighted by atomic mass is 9.90. The number of aromatic nitrogens is 3. The van der Waals surface area contributed by atoms with Crippen molar-refractivity contribution < 1.29 is 9.53 Å². The molecule has 1 unspecified atom stereocenters. The van der Waals surface area contributed by atoms with E-state index in [4.69, 9.17) is 4.74 Å². The van der Waals surface area contributed by atoms with Gasteiger partial charge in [-0.2, -0.15) is 5.26 Å². The van der Waals surface area contributed by atoms with Gasteiger partial charge in [0.05, 0.1) is 8.07 Å². The highest BCUT2D eigenvalue weighted by Gasteiger charge is 2.25. The maximum Gasteiger partial charge on any atom is 0.291 e. The van der Waals surface area contributed by atoms with Gasteiger partial charge in [-0.25, -0.2) is 4.98 Å². The summed E-state index contributed by atoms with van der Waals surface area (Å²) < 4.78 is 7.63. The number of ether oxygens (including phenoxy) is 1. The first-order valence-electron chi connectivity index (χ1n) is 12.6. The van der Waals surface area contributed by atoms with Crippen molar-refractivity contribution in [2.75, 3.05) is 5.32 Å². The summed E-state index contributed by atoms with van der Waals surface area (Å²) in [5.41, 5.74) is 4.52. The molecule has 192 valence electrons. The standard InChI is InChI=1S/C28H33N5O3Si/c1-19(37(2,3)4)36-18-33-17-23(16-29)31-27(33)28(35)32-25-11-10-21(22-12-13-30-26(34)15-22)14-24(25)20-8-6-5-7-9-20/h8,10-15,17,19H,5-7,9,18H2,1-4H3,(H,30,34)(H,32,35). The third-order valence-corrected chi connectivity index (χ3v) is 9.40. The van der Waals surface area contributed by atoms with Gasteiger partial charge in [-0.3, -0.25) is 9.59 Å². The number of pyridine rings is 1. The van der Waals surface area contributed by atoms with E-state index >= 15 is 0 Å². The third-order valence-electron chi connectivity index (χ3n) is 6.79. The first-order chi connectivity index (χ1) is 17.7. The van der Waals surface area contributed by atoms with Crippen LogP contribution in [0.5, 0.6) is 0 Å². The number of amides is 1. The summed E-state index contributed by atoms with van der Waals surface area (Å²) in [4.78, 5) is 32.2. The SMILES string of the molecule is CC(OCn1cc(C#N)nc1C(=O)Nc1ccc(-c2cc[nH]c(=O)c2)cc1C1=CCCCC1)[Si](C)(C)C. The molecule has 9 heteroatoms. The minimum atomic E-state index is -1.53. The van der Waals surface area contributed by atoms with E-state index in [9.17, 15) is 14.9 Å². The van der Waals surface area contributed by atoms with Crippen molar-refractivity contribution >= 4 is 25.2 Å². The lowest BCUT2D eigenvalue weighted by Crippen LogP contribution is -2.38. The van der Waals surface area contributed by atoms with Gasteiger partial charge in [-0.15, -0.1) is 0 Å². The highest BCUT2D eigenvalue weighted by Crippen LogP contribution is 2.35. The number of hydrogen-bond donors (Lipinski definition) is 2. The number of anilines is 1. The minimum Gasteiger partial charge on any atom is -0.361 e. The van der Waals surface area contributed by atoms with Crippen LogP contribution >= 0.6 is 0 Å². The molecule has 0 aliphatic heterocycles. The highest BCUT2D eigenvalue weighted by atomic mass is 28.3. The molecule has 0 saturated carbocycles. The van der Waals surface area contributed by atoms with E-state index in [1.54, 1.807) is 23.0 Å². The maximum atomic E-state index is 13.4. The molecule has 0 spiro atoms. The second-order valence-corrected chi connectivity index (χ2v) is 16.0. The van der Waals surface area contributed by atoms with Crippen LogP contribution in [0.1, 0.15) is 54.5 Å². The molecule has 1 aliphatic rings. The molecule has 2 heterocycles. The van der Waals surface area contributed by atoms with Crippen LogP contribution in [0.3, 0.4) is 0 Å². The van der Waals surface area contributed by atoms with E-state index in [2.05, 4.69) is 41.0 Å². The molecule has 1 aliphatic carbocycles. The number of benzene rings is 1. The Balaban J connectivity index is 1.66. The molecular weight excluding hydrogens is 482 g/mol. The van der Waals surface area contributed by atoms with Gasteiger partial charge in [0, 0.05) is 35.4 Å². The number of nitrogens with zero attached hydrogens (tertiary/aromatic N) is 3. The Hall–Kier alpha value is -3.74. The molecule has 8 nitrogen and oxygen atoms in total. The normalized spacial score (nSPS) is 14.5. The van der Waals surface area contributed by atoms with Gasteiger partial charge in [0.1, 0.15) is 12.8 Å². The largest absolute Gasteiger partial charge is 0.361 e. The molecule has 1 amide bonds. The second kappa shape index (κ2) is 11.1. The number of carbonyl (C=O) groups is 1. The fourth-order valence-corrected chi connectivity index (χ4v) is 4.75. The lowest BCUT2D eigenvalue weighted by Gasteiger charge is -2.25. The number of hydrogen-bond acceptors (Lipinski definition) is 5. The molecule has 2 N–H and O–H groups in total. The van der Waals surface area contributed by atoms with Crippen molar-refractivity contribution in [2.45, 2.75) is 64.7 Å². The predicted octanol–water partition coefficient (Wildman–Crippen LogP) is 5.56. The predicted molar refractivity (Wildman–Crippen MR) is 148 cm³/mol. The van der Waals surface area contributed by atoms with Gasteiger partial charge in [-0.1, -0.05) is 31.8 Å². The van der Waals surface area contributed by atoms with E-state index in [0.717, 1.165) is 42.4 Å². The third kappa shape index (κ3) is 6.34. The Morgan fingerprint density at radius 2 is 2.03 bits per heavy atom. The topological polar surface area (TPSA) is 113 Å². The zero-order chi connectivity index (χ0) is 26.6. The van der Waals surface area contributed by atoms with Crippen LogP contribution in [0.25, 0.3) is 16.7 Å². The van der Waals surface area contributed by atoms with Crippen LogP contribution in [0.15, 0.2) is 53.6 Å². The zero-order valence-corrected chi connectivity index (χ0v) is 22.8. The van der Waals surface area contributed by atoms with E-state index in [-0.39, 0.29) is 29.5 Å². The number of nitriles is 1. The number of rotatable bonds is 8. The molecule has 0 saturated heterocycles. The Labute approximate surface area is 218 Å². The van der Waals surface area contributed by atoms with Crippen molar-refractivity contribution in [3.63, 3.8) is 0 Å². The van der Waals surface area contributed by atoms with E-state index in [0.29, 0.717) is 5.69 Å². The van der Waals surface area contributed by atoms with Crippen LogP contribution < -0.4 is 10.9 Å². The number of H-pyrrole nitrogens is 1. The fraction of sp³-hybridized carbons (Fsp3) is 0.357. The van der Waals surface area contributed by atoms with Crippen LogP contribution in [0.4, 0.5) is 5.69 Å². The molecule has 1 atom stereocenters. The summed E-state index contributed by atoms with van der Waals surface area (Å²) in [5, 5.41) is 12.4. The fourth-order valence-electron chi connectivity index (χ4n) is 4.18. The van der Waals surface area contributed by atoms with Crippen molar-refractivity contribution in [1.82, 2.24) is 14.5 Å². The number of carbonyl (C=O) groups excluding carboxylic acids is 1. The molecule has 2 aromatic heterocycles. The van der Waals surface area contributed by atoms with Gasteiger partial charge >= 0.3 is 0 Å². The van der Waals surface area contributed by atoms with E-state index < -0.39 is 14.0 Å². The number of allylic oxidation sites excluding steroid dienone is 2. The highest BCUT2D eigenvalue weighted by molar-refractivity contribution is 6.77. The van der Waals surface area contributed by atoms with Crippen LogP contribution in [-0.4, -0.2) is 34.2 Å². The molecule has 1 aromatic carbocycles. The molecule has 0 fully saturated rings. The molecular formula is C28H33N5O3Si. The molecule has 3 aromatic rings. The Bertz CT molecular complexity index is 1420. The molecule has 0 radical (unpaired) electrons. The molecule has 37 heavy (non-hydrogen) atoms. The lowest BCUT2D eigenvalue weighted by molar-refractivity contribution is 0.0540.